The van der Waals surface area contributed by atoms with Crippen LogP contribution in [0.15, 0.2) is 164 Å². The Morgan fingerprint density at radius 1 is 0.660 bits per heavy atom. The van der Waals surface area contributed by atoms with Crippen molar-refractivity contribution in [2.45, 2.75) is 35.9 Å². The Bertz CT molecular complexity index is 2620. The largest absolute Gasteiger partial charge is 0.378 e. The van der Waals surface area contributed by atoms with Gasteiger partial charge in [0, 0.05) is 15.9 Å². The zero-order valence-electron chi connectivity index (χ0n) is 28.8. The van der Waals surface area contributed by atoms with E-state index in [1.807, 2.05) is 74.5 Å². The van der Waals surface area contributed by atoms with E-state index in [0.717, 1.165) is 42.5 Å². The summed E-state index contributed by atoms with van der Waals surface area (Å²) in [6, 6.07) is 40.1. The molecule has 0 saturated carbocycles. The second kappa shape index (κ2) is 16.7. The number of hydrogen-bond donors (Lipinski definition) is 1. The van der Waals surface area contributed by atoms with Crippen LogP contribution in [0.5, 0.6) is 5.75 Å². The average molecular weight is 852 g/mol. The fraction of sp³-hybridized carbons (Fsp3) is 0.0930. The molecule has 0 unspecified atom stereocenters. The summed E-state index contributed by atoms with van der Waals surface area (Å²) in [6.07, 6.45) is 0. The van der Waals surface area contributed by atoms with Gasteiger partial charge in [-0.25, -0.2) is 0 Å². The second-order valence-corrected chi connectivity index (χ2v) is 16.1. The minimum atomic E-state index is -4.21. The van der Waals surface area contributed by atoms with Crippen molar-refractivity contribution in [1.29, 1.82) is 0 Å². The van der Waals surface area contributed by atoms with Gasteiger partial charge in [0.25, 0.3) is 0 Å². The third kappa shape index (κ3) is 9.50. The lowest BCUT2D eigenvalue weighted by molar-refractivity contribution is 0.484. The summed E-state index contributed by atoms with van der Waals surface area (Å²) in [5, 5.41) is 3.28. The summed E-state index contributed by atoms with van der Waals surface area (Å²) >= 11 is 3.55. The van der Waals surface area contributed by atoms with Crippen molar-refractivity contribution in [2.75, 3.05) is 5.32 Å². The zero-order valence-corrected chi connectivity index (χ0v) is 32.6. The maximum atomic E-state index is 13.5. The molecule has 10 heteroatoms. The van der Waals surface area contributed by atoms with Gasteiger partial charge in [-0.15, -0.1) is 11.8 Å². The average Bonchev–Trinajstić information content (AvgIpc) is 3.54. The van der Waals surface area contributed by atoms with Crippen molar-refractivity contribution in [3.8, 4) is 28.0 Å². The molecular formula is C43H34INO6S2. The summed E-state index contributed by atoms with van der Waals surface area (Å²) in [6.45, 7) is 4.27. The summed E-state index contributed by atoms with van der Waals surface area (Å²) < 4.78 is 31.9. The number of thioether (sulfide) groups is 1. The smallest absolute Gasteiger partial charge is 0.339 e. The van der Waals surface area contributed by atoms with Crippen LogP contribution in [-0.2, 0) is 22.4 Å². The molecule has 266 valence electrons. The summed E-state index contributed by atoms with van der Waals surface area (Å²) in [7, 11) is -4.21. The predicted octanol–water partition coefficient (Wildman–Crippen LogP) is 8.99. The van der Waals surface area contributed by atoms with Crippen LogP contribution in [0.2, 0.25) is 0 Å². The van der Waals surface area contributed by atoms with Crippen LogP contribution in [0.25, 0.3) is 22.3 Å². The Hall–Kier alpha value is -5.04. The maximum absolute atomic E-state index is 13.5. The molecule has 0 amide bonds. The van der Waals surface area contributed by atoms with E-state index in [1.54, 1.807) is 48.5 Å². The normalized spacial score (nSPS) is 11.2. The highest BCUT2D eigenvalue weighted by atomic mass is 127. The molecule has 0 aliphatic heterocycles. The van der Waals surface area contributed by atoms with E-state index >= 15 is 0 Å². The van der Waals surface area contributed by atoms with Gasteiger partial charge < -0.3 is 9.50 Å². The van der Waals surface area contributed by atoms with Gasteiger partial charge in [-0.1, -0.05) is 78.4 Å². The Balaban J connectivity index is 1.21. The summed E-state index contributed by atoms with van der Waals surface area (Å²) in [5.41, 5.74) is 6.59. The number of aryl methyl sites for hydroxylation is 2. The number of benzene rings is 3. The minimum absolute atomic E-state index is 0.0308. The highest BCUT2D eigenvalue weighted by Crippen LogP contribution is 2.30. The van der Waals surface area contributed by atoms with Crippen molar-refractivity contribution in [3.05, 3.63) is 196 Å². The molecule has 0 atom stereocenters. The van der Waals surface area contributed by atoms with Gasteiger partial charge in [0.05, 0.1) is 10.6 Å². The first kappa shape index (κ1) is 37.7. The molecule has 0 heterocycles. The minimum Gasteiger partial charge on any atom is -0.378 e. The Labute approximate surface area is 326 Å². The number of nitrogens with one attached hydrogen (secondary N) is 1. The summed E-state index contributed by atoms with van der Waals surface area (Å²) in [4.78, 5) is 39.8. The fourth-order valence-corrected chi connectivity index (χ4v) is 7.91. The van der Waals surface area contributed by atoms with Gasteiger partial charge in [0.2, 0.25) is 10.9 Å². The van der Waals surface area contributed by atoms with Crippen molar-refractivity contribution < 1.29 is 12.6 Å². The van der Waals surface area contributed by atoms with Crippen LogP contribution < -0.4 is 25.8 Å². The lowest BCUT2D eigenvalue weighted by Gasteiger charge is -2.10. The first-order valence-corrected chi connectivity index (χ1v) is 20.1. The van der Waals surface area contributed by atoms with Crippen LogP contribution in [-0.4, -0.2) is 8.42 Å². The molecule has 0 radical (unpaired) electrons. The number of hydrogen-bond acceptors (Lipinski definition) is 8. The SMILES string of the molecule is Cc1ccc(CSc2cccccc2=O)c(-c2cccc(NCc3ccc(C)c(-c4cccc(OS(=O)(=O)c5ccc(I)cc5)c(=O)c4)c3)c(=O)c2)c1. The molecule has 6 rings (SSSR count). The van der Waals surface area contributed by atoms with Gasteiger partial charge in [0.1, 0.15) is 4.90 Å². The van der Waals surface area contributed by atoms with Crippen LogP contribution in [0.1, 0.15) is 22.3 Å². The first-order valence-electron chi connectivity index (χ1n) is 16.6. The van der Waals surface area contributed by atoms with Crippen LogP contribution in [0.3, 0.4) is 0 Å². The monoisotopic (exact) mass is 851 g/mol. The van der Waals surface area contributed by atoms with E-state index in [1.165, 1.54) is 36.0 Å². The molecule has 6 aromatic carbocycles. The van der Waals surface area contributed by atoms with Crippen LogP contribution in [0, 0.1) is 17.4 Å². The lowest BCUT2D eigenvalue weighted by atomic mass is 9.99. The van der Waals surface area contributed by atoms with Gasteiger partial charge in [-0.3, -0.25) is 14.4 Å². The third-order valence-corrected chi connectivity index (χ3v) is 11.5. The quantitative estimate of drug-likeness (QED) is 0.0783. The standard InChI is InChI=1S/C43H34INO6S2/c1-28-14-17-33(27-52-43-13-5-3-4-11-39(43)46)37(22-28)32-8-6-10-38(40(47)24-32)45-26-30-16-15-29(2)36(23-30)31-9-7-12-42(41(48)25-31)51-53(49,50)35-20-18-34(44)19-21-35/h3-25H,26-27H2,1-2H3,(H,45,47). The van der Waals surface area contributed by atoms with Gasteiger partial charge in [0.15, 0.2) is 11.2 Å². The third-order valence-electron chi connectivity index (χ3n) is 8.46. The summed E-state index contributed by atoms with van der Waals surface area (Å²) in [5.74, 6) is 0.263. The van der Waals surface area contributed by atoms with E-state index in [4.69, 9.17) is 4.18 Å². The van der Waals surface area contributed by atoms with Crippen LogP contribution >= 0.6 is 34.4 Å². The van der Waals surface area contributed by atoms with Crippen molar-refractivity contribution in [3.63, 3.8) is 0 Å². The highest BCUT2D eigenvalue weighted by molar-refractivity contribution is 14.1. The number of anilines is 1. The van der Waals surface area contributed by atoms with E-state index in [9.17, 15) is 22.8 Å². The topological polar surface area (TPSA) is 107 Å². The van der Waals surface area contributed by atoms with Crippen molar-refractivity contribution in [1.82, 2.24) is 0 Å². The molecule has 0 aliphatic carbocycles. The van der Waals surface area contributed by atoms with Gasteiger partial charge in [-0.05, 0) is 142 Å². The van der Waals surface area contributed by atoms with Gasteiger partial charge >= 0.3 is 10.1 Å². The van der Waals surface area contributed by atoms with E-state index < -0.39 is 15.5 Å². The molecule has 0 spiro atoms. The lowest BCUT2D eigenvalue weighted by Crippen LogP contribution is -2.14. The number of halogens is 1. The van der Waals surface area contributed by atoms with E-state index in [-0.39, 0.29) is 21.5 Å². The Morgan fingerprint density at radius 3 is 2.17 bits per heavy atom. The van der Waals surface area contributed by atoms with E-state index in [2.05, 4.69) is 34.0 Å². The molecule has 0 bridgehead atoms. The molecule has 0 aromatic heterocycles. The molecule has 0 fully saturated rings. The van der Waals surface area contributed by atoms with Crippen LogP contribution in [0.4, 0.5) is 5.69 Å². The van der Waals surface area contributed by atoms with Crippen molar-refractivity contribution in [2.24, 2.45) is 0 Å². The van der Waals surface area contributed by atoms with Crippen molar-refractivity contribution >= 4 is 50.2 Å². The molecule has 0 aliphatic rings. The molecule has 53 heavy (non-hydrogen) atoms. The maximum Gasteiger partial charge on any atom is 0.339 e. The molecule has 0 saturated heterocycles. The second-order valence-electron chi connectivity index (χ2n) is 12.3. The fourth-order valence-electron chi connectivity index (χ4n) is 5.66. The molecule has 6 aromatic rings. The Morgan fingerprint density at radius 2 is 1.38 bits per heavy atom. The molecular weight excluding hydrogens is 818 g/mol. The predicted molar refractivity (Wildman–Crippen MR) is 222 cm³/mol. The molecule has 7 nitrogen and oxygen atoms in total. The zero-order chi connectivity index (χ0) is 37.5. The first-order chi connectivity index (χ1) is 25.5. The highest BCUT2D eigenvalue weighted by Gasteiger charge is 2.18. The van der Waals surface area contributed by atoms with Gasteiger partial charge in [-0.2, -0.15) is 8.42 Å². The Kier molecular flexibility index (Phi) is 11.9. The number of rotatable bonds is 11. The van der Waals surface area contributed by atoms with E-state index in [0.29, 0.717) is 28.4 Å². The molecule has 1 N–H and O–H groups in total.